The number of pyridine rings is 1. The second-order valence-corrected chi connectivity index (χ2v) is 9.65. The number of primary amides is 1. The molecule has 33 heavy (non-hydrogen) atoms. The van der Waals surface area contributed by atoms with Crippen LogP contribution in [0.15, 0.2) is 35.4 Å². The molecule has 1 aromatic heterocycles. The molecular formula is C25H28N6OS. The van der Waals surface area contributed by atoms with E-state index in [4.69, 9.17) is 10.7 Å². The Morgan fingerprint density at radius 1 is 1.15 bits per heavy atom. The van der Waals surface area contributed by atoms with Gasteiger partial charge in [0.1, 0.15) is 28.2 Å². The van der Waals surface area contributed by atoms with Crippen molar-refractivity contribution in [2.24, 2.45) is 5.73 Å². The van der Waals surface area contributed by atoms with E-state index in [-0.39, 0.29) is 0 Å². The number of carbonyl (C=O) groups excluding carboxylic acids is 1. The number of rotatable bonds is 8. The summed E-state index contributed by atoms with van der Waals surface area (Å²) in [7, 11) is 0. The first-order chi connectivity index (χ1) is 16.0. The van der Waals surface area contributed by atoms with Crippen molar-refractivity contribution in [1.82, 2.24) is 10.3 Å². The summed E-state index contributed by atoms with van der Waals surface area (Å²) in [6, 6.07) is 15.0. The quantitative estimate of drug-likeness (QED) is 0.579. The van der Waals surface area contributed by atoms with Gasteiger partial charge in [-0.25, -0.2) is 4.98 Å². The molecule has 1 amide bonds. The Balaban J connectivity index is 1.69. The molecule has 1 aromatic carbocycles. The largest absolute Gasteiger partial charge is 0.368 e. The standard InChI is InChI=1S/C25H28N6OS/c1-2-19-20(14-26)24(31-12-10-18(11-13-31)29-17-8-9-17)30-25(21(19)15-27)33-22(23(28)32)16-6-4-3-5-7-16/h3-7,17-18,22,29H,2,8-13H2,1H3,(H2,28,32). The molecule has 3 N–H and O–H groups in total. The number of aromatic nitrogens is 1. The number of anilines is 1. The highest BCUT2D eigenvalue weighted by atomic mass is 32.2. The highest BCUT2D eigenvalue weighted by Gasteiger charge is 2.31. The maximum Gasteiger partial charge on any atom is 0.235 e. The van der Waals surface area contributed by atoms with Gasteiger partial charge in [-0.1, -0.05) is 49.0 Å². The van der Waals surface area contributed by atoms with Gasteiger partial charge in [-0.05, 0) is 43.2 Å². The van der Waals surface area contributed by atoms with Crippen LogP contribution in [0.1, 0.15) is 60.1 Å². The molecule has 2 heterocycles. The molecule has 0 bridgehead atoms. The Hall–Kier alpha value is -3.07. The third-order valence-corrected chi connectivity index (χ3v) is 7.52. The van der Waals surface area contributed by atoms with Crippen molar-refractivity contribution >= 4 is 23.5 Å². The average Bonchev–Trinajstić information content (AvgIpc) is 3.66. The molecule has 1 unspecified atom stereocenters. The van der Waals surface area contributed by atoms with Crippen LogP contribution in [0, 0.1) is 22.7 Å². The number of nitrogens with zero attached hydrogens (tertiary/aromatic N) is 4. The second-order valence-electron chi connectivity index (χ2n) is 8.56. The molecule has 0 radical (unpaired) electrons. The molecule has 1 aliphatic heterocycles. The lowest BCUT2D eigenvalue weighted by Crippen LogP contribution is -2.44. The fourth-order valence-corrected chi connectivity index (χ4v) is 5.43. The summed E-state index contributed by atoms with van der Waals surface area (Å²) < 4.78 is 0. The second kappa shape index (κ2) is 10.2. The predicted molar refractivity (Wildman–Crippen MR) is 129 cm³/mol. The number of piperidine rings is 1. The number of nitrogens with two attached hydrogens (primary N) is 1. The number of hydrogen-bond donors (Lipinski definition) is 2. The summed E-state index contributed by atoms with van der Waals surface area (Å²) in [6.07, 6.45) is 5.03. The van der Waals surface area contributed by atoms with Gasteiger partial charge in [0.15, 0.2) is 0 Å². The van der Waals surface area contributed by atoms with Crippen LogP contribution in [-0.2, 0) is 11.2 Å². The van der Waals surface area contributed by atoms with Crippen molar-refractivity contribution in [3.8, 4) is 12.1 Å². The first kappa shape index (κ1) is 23.1. The lowest BCUT2D eigenvalue weighted by Gasteiger charge is -2.34. The molecule has 1 saturated heterocycles. The first-order valence-corrected chi connectivity index (χ1v) is 12.3. The van der Waals surface area contributed by atoms with Gasteiger partial charge in [-0.2, -0.15) is 10.5 Å². The number of hydrogen-bond acceptors (Lipinski definition) is 7. The van der Waals surface area contributed by atoms with Gasteiger partial charge < -0.3 is 16.0 Å². The van der Waals surface area contributed by atoms with E-state index in [0.717, 1.165) is 31.5 Å². The molecule has 7 nitrogen and oxygen atoms in total. The molecule has 1 atom stereocenters. The molecule has 1 saturated carbocycles. The molecule has 170 valence electrons. The van der Waals surface area contributed by atoms with Crippen molar-refractivity contribution in [2.75, 3.05) is 18.0 Å². The lowest BCUT2D eigenvalue weighted by molar-refractivity contribution is -0.117. The Morgan fingerprint density at radius 2 is 1.79 bits per heavy atom. The van der Waals surface area contributed by atoms with Crippen LogP contribution in [0.2, 0.25) is 0 Å². The van der Waals surface area contributed by atoms with Crippen LogP contribution >= 0.6 is 11.8 Å². The van der Waals surface area contributed by atoms with Gasteiger partial charge in [-0.15, -0.1) is 0 Å². The zero-order chi connectivity index (χ0) is 23.4. The monoisotopic (exact) mass is 460 g/mol. The highest BCUT2D eigenvalue weighted by Crippen LogP contribution is 2.40. The van der Waals surface area contributed by atoms with Gasteiger partial charge in [-0.3, -0.25) is 4.79 Å². The topological polar surface area (TPSA) is 119 Å². The smallest absolute Gasteiger partial charge is 0.235 e. The van der Waals surface area contributed by atoms with Crippen LogP contribution < -0.4 is 16.0 Å². The Morgan fingerprint density at radius 3 is 2.33 bits per heavy atom. The molecule has 1 aliphatic carbocycles. The third-order valence-electron chi connectivity index (χ3n) is 6.26. The van der Waals surface area contributed by atoms with Crippen LogP contribution in [0.25, 0.3) is 0 Å². The number of amides is 1. The van der Waals surface area contributed by atoms with Crippen molar-refractivity contribution in [2.45, 2.75) is 61.4 Å². The summed E-state index contributed by atoms with van der Waals surface area (Å²) in [5.74, 6) is 0.116. The van der Waals surface area contributed by atoms with E-state index < -0.39 is 11.2 Å². The maximum absolute atomic E-state index is 12.3. The maximum atomic E-state index is 12.3. The summed E-state index contributed by atoms with van der Waals surface area (Å²) in [6.45, 7) is 3.52. The van der Waals surface area contributed by atoms with E-state index >= 15 is 0 Å². The summed E-state index contributed by atoms with van der Waals surface area (Å²) in [5.41, 5.74) is 8.00. The minimum atomic E-state index is -0.676. The number of nitrogens with one attached hydrogen (secondary N) is 1. The van der Waals surface area contributed by atoms with E-state index in [1.54, 1.807) is 0 Å². The van der Waals surface area contributed by atoms with E-state index in [1.165, 1.54) is 24.6 Å². The molecule has 2 aliphatic rings. The zero-order valence-electron chi connectivity index (χ0n) is 18.8. The highest BCUT2D eigenvalue weighted by molar-refractivity contribution is 8.00. The fraction of sp³-hybridized carbons (Fsp3) is 0.440. The summed E-state index contributed by atoms with van der Waals surface area (Å²) >= 11 is 1.19. The van der Waals surface area contributed by atoms with E-state index in [0.29, 0.717) is 46.0 Å². The van der Waals surface area contributed by atoms with Gasteiger partial charge in [0.05, 0.1) is 11.1 Å². The van der Waals surface area contributed by atoms with Gasteiger partial charge in [0.25, 0.3) is 0 Å². The first-order valence-electron chi connectivity index (χ1n) is 11.4. The normalized spacial score (nSPS) is 17.2. The third kappa shape index (κ3) is 5.13. The number of nitriles is 2. The number of thioether (sulfide) groups is 1. The SMILES string of the molecule is CCc1c(C#N)c(SC(C(N)=O)c2ccccc2)nc(N2CCC(NC3CC3)CC2)c1C#N. The predicted octanol–water partition coefficient (Wildman–Crippen LogP) is 3.43. The minimum absolute atomic E-state index is 0.357. The number of carbonyl (C=O) groups is 1. The van der Waals surface area contributed by atoms with Crippen LogP contribution in [-0.4, -0.2) is 36.1 Å². The Bertz CT molecular complexity index is 1090. The van der Waals surface area contributed by atoms with Crippen LogP contribution in [0.3, 0.4) is 0 Å². The minimum Gasteiger partial charge on any atom is -0.368 e. The van der Waals surface area contributed by atoms with E-state index in [2.05, 4.69) is 22.4 Å². The zero-order valence-corrected chi connectivity index (χ0v) is 19.6. The molecule has 4 rings (SSSR count). The summed E-state index contributed by atoms with van der Waals surface area (Å²) in [4.78, 5) is 19.3. The molecule has 8 heteroatoms. The Kier molecular flexibility index (Phi) is 7.17. The molecular weight excluding hydrogens is 432 g/mol. The van der Waals surface area contributed by atoms with Crippen LogP contribution in [0.4, 0.5) is 5.82 Å². The van der Waals surface area contributed by atoms with Gasteiger partial charge >= 0.3 is 0 Å². The van der Waals surface area contributed by atoms with Gasteiger partial charge in [0.2, 0.25) is 5.91 Å². The van der Waals surface area contributed by atoms with Crippen molar-refractivity contribution < 1.29 is 4.79 Å². The molecule has 2 aromatic rings. The van der Waals surface area contributed by atoms with Crippen molar-refractivity contribution in [1.29, 1.82) is 10.5 Å². The van der Waals surface area contributed by atoms with Crippen molar-refractivity contribution in [3.05, 3.63) is 52.6 Å². The average molecular weight is 461 g/mol. The van der Waals surface area contributed by atoms with E-state index in [9.17, 15) is 15.3 Å². The van der Waals surface area contributed by atoms with Gasteiger partial charge in [0, 0.05) is 25.2 Å². The number of benzene rings is 1. The molecule has 2 fully saturated rings. The lowest BCUT2D eigenvalue weighted by atomic mass is 10.00. The summed E-state index contributed by atoms with van der Waals surface area (Å²) in [5, 5.41) is 23.4. The van der Waals surface area contributed by atoms with E-state index in [1.807, 2.05) is 37.3 Å². The molecule has 0 spiro atoms. The van der Waals surface area contributed by atoms with Crippen LogP contribution in [0.5, 0.6) is 0 Å². The fourth-order valence-electron chi connectivity index (χ4n) is 4.37. The van der Waals surface area contributed by atoms with Crippen molar-refractivity contribution in [3.63, 3.8) is 0 Å². The Labute approximate surface area is 199 Å².